The number of hydrogen-bond donors (Lipinski definition) is 2. The average Bonchev–Trinajstić information content (AvgIpc) is 3.12. The molecule has 1 aromatic carbocycles. The van der Waals surface area contributed by atoms with E-state index in [-0.39, 0.29) is 11.8 Å². The van der Waals surface area contributed by atoms with E-state index in [4.69, 9.17) is 4.98 Å². The zero-order valence-corrected chi connectivity index (χ0v) is 17.2. The van der Waals surface area contributed by atoms with Gasteiger partial charge in [-0.05, 0) is 63.8 Å². The number of H-pyrrole nitrogens is 1. The third kappa shape index (κ3) is 4.32. The molecule has 2 aliphatic heterocycles. The summed E-state index contributed by atoms with van der Waals surface area (Å²) in [7, 11) is 0. The Hall–Kier alpha value is -2.08. The van der Waals surface area contributed by atoms with Gasteiger partial charge in [-0.15, -0.1) is 0 Å². The summed E-state index contributed by atoms with van der Waals surface area (Å²) in [4.78, 5) is 25.5. The number of piperidine rings is 2. The second kappa shape index (κ2) is 8.52. The molecule has 2 saturated heterocycles. The lowest BCUT2D eigenvalue weighted by molar-refractivity contribution is -0.125. The Kier molecular flexibility index (Phi) is 5.85. The van der Waals surface area contributed by atoms with Crippen molar-refractivity contribution in [3.63, 3.8) is 0 Å². The number of rotatable bonds is 5. The van der Waals surface area contributed by atoms with Crippen LogP contribution in [0.5, 0.6) is 0 Å². The number of nitrogens with one attached hydrogen (secondary N) is 2. The van der Waals surface area contributed by atoms with Gasteiger partial charge in [-0.2, -0.15) is 0 Å². The van der Waals surface area contributed by atoms with Crippen LogP contribution in [-0.4, -0.2) is 59.5 Å². The number of amides is 1. The van der Waals surface area contributed by atoms with Gasteiger partial charge in [0.15, 0.2) is 0 Å². The number of hydrogen-bond acceptors (Lipinski definition) is 4. The van der Waals surface area contributed by atoms with Crippen molar-refractivity contribution in [3.8, 4) is 0 Å². The van der Waals surface area contributed by atoms with Crippen molar-refractivity contribution in [3.05, 3.63) is 23.8 Å². The number of likely N-dealkylation sites (tertiary alicyclic amines) is 1. The molecule has 0 saturated carbocycles. The monoisotopic (exact) mass is 383 g/mol. The molecule has 1 unspecified atom stereocenters. The molecular formula is C22H33N5O. The van der Waals surface area contributed by atoms with Crippen LogP contribution in [0.1, 0.15) is 44.6 Å². The van der Waals surface area contributed by atoms with Crippen LogP contribution in [0.4, 0.5) is 5.95 Å². The number of carbonyl (C=O) groups excluding carboxylic acids is 1. The predicted molar refractivity (Wildman–Crippen MR) is 114 cm³/mol. The molecule has 1 atom stereocenters. The highest BCUT2D eigenvalue weighted by Gasteiger charge is 2.26. The van der Waals surface area contributed by atoms with Crippen molar-refractivity contribution in [2.45, 2.75) is 52.0 Å². The second-order valence-corrected chi connectivity index (χ2v) is 8.51. The number of aryl methyl sites for hydroxylation is 1. The number of nitrogens with zero attached hydrogens (tertiary/aromatic N) is 3. The summed E-state index contributed by atoms with van der Waals surface area (Å²) in [5.74, 6) is 1.28. The molecule has 0 aliphatic carbocycles. The summed E-state index contributed by atoms with van der Waals surface area (Å²) in [6.07, 6.45) is 5.70. The van der Waals surface area contributed by atoms with Crippen LogP contribution in [0.3, 0.4) is 0 Å². The first-order valence-corrected chi connectivity index (χ1v) is 10.8. The minimum atomic E-state index is 0.127. The Morgan fingerprint density at radius 1 is 1.21 bits per heavy atom. The number of aromatic nitrogens is 2. The molecule has 6 heteroatoms. The van der Waals surface area contributed by atoms with Crippen molar-refractivity contribution >= 4 is 22.9 Å². The first kappa shape index (κ1) is 19.2. The molecule has 152 valence electrons. The Morgan fingerprint density at radius 3 is 2.82 bits per heavy atom. The summed E-state index contributed by atoms with van der Waals surface area (Å²) in [6.45, 7) is 9.06. The van der Waals surface area contributed by atoms with Crippen molar-refractivity contribution < 1.29 is 4.79 Å². The van der Waals surface area contributed by atoms with E-state index in [1.54, 1.807) is 0 Å². The molecule has 2 aromatic rings. The van der Waals surface area contributed by atoms with E-state index in [1.807, 2.05) is 0 Å². The van der Waals surface area contributed by atoms with E-state index >= 15 is 0 Å². The SMILES string of the molecule is Cc1ccc2nc(N3CCC(C(=O)NCCN4CCCCC4C)CC3)[nH]c2c1. The van der Waals surface area contributed by atoms with Gasteiger partial charge < -0.3 is 15.2 Å². The summed E-state index contributed by atoms with van der Waals surface area (Å²) in [5.41, 5.74) is 3.33. The largest absolute Gasteiger partial charge is 0.355 e. The van der Waals surface area contributed by atoms with E-state index in [0.29, 0.717) is 6.04 Å². The maximum atomic E-state index is 12.6. The Morgan fingerprint density at radius 2 is 2.04 bits per heavy atom. The molecule has 2 aliphatic rings. The summed E-state index contributed by atoms with van der Waals surface area (Å²) in [6, 6.07) is 6.94. The molecule has 1 aromatic heterocycles. The van der Waals surface area contributed by atoms with Gasteiger partial charge in [0.25, 0.3) is 0 Å². The first-order valence-electron chi connectivity index (χ1n) is 10.8. The second-order valence-electron chi connectivity index (χ2n) is 8.51. The lowest BCUT2D eigenvalue weighted by Crippen LogP contribution is -2.45. The molecule has 1 amide bonds. The number of imidazole rings is 1. The topological polar surface area (TPSA) is 64.3 Å². The van der Waals surface area contributed by atoms with Gasteiger partial charge in [-0.25, -0.2) is 4.98 Å². The fourth-order valence-electron chi connectivity index (χ4n) is 4.57. The van der Waals surface area contributed by atoms with Gasteiger partial charge in [0.2, 0.25) is 11.9 Å². The van der Waals surface area contributed by atoms with Crippen molar-refractivity contribution in [1.82, 2.24) is 20.2 Å². The molecule has 2 fully saturated rings. The number of aromatic amines is 1. The number of anilines is 1. The van der Waals surface area contributed by atoms with E-state index in [1.165, 1.54) is 31.4 Å². The lowest BCUT2D eigenvalue weighted by atomic mass is 9.96. The third-order valence-corrected chi connectivity index (χ3v) is 6.43. The van der Waals surface area contributed by atoms with Crippen LogP contribution in [0.15, 0.2) is 18.2 Å². The van der Waals surface area contributed by atoms with Gasteiger partial charge in [0.1, 0.15) is 0 Å². The fraction of sp³-hybridized carbons (Fsp3) is 0.636. The molecule has 4 rings (SSSR count). The van der Waals surface area contributed by atoms with Gasteiger partial charge in [-0.3, -0.25) is 9.69 Å². The highest BCUT2D eigenvalue weighted by Crippen LogP contribution is 2.24. The molecule has 28 heavy (non-hydrogen) atoms. The van der Waals surface area contributed by atoms with Gasteiger partial charge >= 0.3 is 0 Å². The number of fused-ring (bicyclic) bond motifs is 1. The van der Waals surface area contributed by atoms with Gasteiger partial charge in [0, 0.05) is 38.1 Å². The van der Waals surface area contributed by atoms with Crippen LogP contribution in [-0.2, 0) is 4.79 Å². The summed E-state index contributed by atoms with van der Waals surface area (Å²) >= 11 is 0. The minimum absolute atomic E-state index is 0.127. The molecule has 0 radical (unpaired) electrons. The van der Waals surface area contributed by atoms with Crippen molar-refractivity contribution in [1.29, 1.82) is 0 Å². The zero-order valence-electron chi connectivity index (χ0n) is 17.2. The number of carbonyl (C=O) groups is 1. The Bertz CT molecular complexity index is 808. The minimum Gasteiger partial charge on any atom is -0.355 e. The molecule has 6 nitrogen and oxygen atoms in total. The molecular weight excluding hydrogens is 350 g/mol. The molecule has 2 N–H and O–H groups in total. The molecule has 0 bridgehead atoms. The standard InChI is InChI=1S/C22H33N5O/c1-16-6-7-19-20(15-16)25-22(24-19)27-12-8-18(9-13-27)21(28)23-10-14-26-11-4-3-5-17(26)2/h6-7,15,17-18H,3-5,8-14H2,1-2H3,(H,23,28)(H,24,25). The van der Waals surface area contributed by atoms with E-state index < -0.39 is 0 Å². The highest BCUT2D eigenvalue weighted by molar-refractivity contribution is 5.80. The van der Waals surface area contributed by atoms with Crippen molar-refractivity contribution in [2.24, 2.45) is 5.92 Å². The average molecular weight is 384 g/mol. The highest BCUT2D eigenvalue weighted by atomic mass is 16.1. The van der Waals surface area contributed by atoms with Gasteiger partial charge in [-0.1, -0.05) is 12.5 Å². The summed E-state index contributed by atoms with van der Waals surface area (Å²) < 4.78 is 0. The zero-order chi connectivity index (χ0) is 19.5. The van der Waals surface area contributed by atoms with Crippen LogP contribution < -0.4 is 10.2 Å². The van der Waals surface area contributed by atoms with E-state index in [9.17, 15) is 4.79 Å². The molecule has 3 heterocycles. The molecule has 0 spiro atoms. The van der Waals surface area contributed by atoms with Gasteiger partial charge in [0.05, 0.1) is 11.0 Å². The quantitative estimate of drug-likeness (QED) is 0.833. The Balaban J connectivity index is 1.24. The normalized spacial score (nSPS) is 21.9. The smallest absolute Gasteiger partial charge is 0.223 e. The van der Waals surface area contributed by atoms with Crippen LogP contribution in [0.2, 0.25) is 0 Å². The first-order chi connectivity index (χ1) is 13.6. The number of benzene rings is 1. The Labute approximate surface area is 167 Å². The van der Waals surface area contributed by atoms with Crippen LogP contribution in [0.25, 0.3) is 11.0 Å². The summed E-state index contributed by atoms with van der Waals surface area (Å²) in [5, 5.41) is 3.18. The maximum Gasteiger partial charge on any atom is 0.223 e. The maximum absolute atomic E-state index is 12.6. The van der Waals surface area contributed by atoms with Crippen LogP contribution >= 0.6 is 0 Å². The van der Waals surface area contributed by atoms with Crippen molar-refractivity contribution in [2.75, 3.05) is 37.6 Å². The van der Waals surface area contributed by atoms with E-state index in [0.717, 1.165) is 56.0 Å². The van der Waals surface area contributed by atoms with E-state index in [2.05, 4.69) is 52.1 Å². The third-order valence-electron chi connectivity index (χ3n) is 6.43. The predicted octanol–water partition coefficient (Wildman–Crippen LogP) is 3.08. The van der Waals surface area contributed by atoms with Crippen LogP contribution in [0, 0.1) is 12.8 Å². The fourth-order valence-corrected chi connectivity index (χ4v) is 4.57. The lowest BCUT2D eigenvalue weighted by Gasteiger charge is -2.34.